The Morgan fingerprint density at radius 2 is 2.03 bits per heavy atom. The smallest absolute Gasteiger partial charge is 0.252 e. The monoisotopic (exact) mass is 504 g/mol. The lowest BCUT2D eigenvalue weighted by Crippen LogP contribution is -2.38. The third-order valence-corrected chi connectivity index (χ3v) is 6.07. The van der Waals surface area contributed by atoms with Gasteiger partial charge in [0.2, 0.25) is 5.91 Å². The van der Waals surface area contributed by atoms with Gasteiger partial charge in [-0.25, -0.2) is 4.98 Å². The van der Waals surface area contributed by atoms with Crippen LogP contribution in [-0.2, 0) is 25.3 Å². The minimum Gasteiger partial charge on any atom is -0.373 e. The Hall–Kier alpha value is -4.36. The van der Waals surface area contributed by atoms with Crippen LogP contribution >= 0.6 is 11.6 Å². The Labute approximate surface area is 212 Å². The lowest BCUT2D eigenvalue weighted by atomic mass is 10.1. The fraction of sp³-hybridized carbons (Fsp3) is 0.240. The van der Waals surface area contributed by atoms with Gasteiger partial charge in [-0.2, -0.15) is 10.4 Å². The van der Waals surface area contributed by atoms with Gasteiger partial charge >= 0.3 is 0 Å². The predicted octanol–water partition coefficient (Wildman–Crippen LogP) is 3.09. The number of nitrogens with one attached hydrogen (secondary N) is 3. The second kappa shape index (κ2) is 10.5. The fourth-order valence-electron chi connectivity index (χ4n) is 3.84. The van der Waals surface area contributed by atoms with Crippen LogP contribution in [0, 0.1) is 11.3 Å². The number of carbonyl (C=O) groups is 1. The van der Waals surface area contributed by atoms with E-state index < -0.39 is 6.04 Å². The van der Waals surface area contributed by atoms with Crippen molar-refractivity contribution in [2.75, 3.05) is 17.2 Å². The van der Waals surface area contributed by atoms with Crippen molar-refractivity contribution >= 4 is 45.5 Å². The molecule has 184 valence electrons. The Kier molecular flexibility index (Phi) is 7.22. The first-order valence-electron chi connectivity index (χ1n) is 11.2. The number of nitrogens with zero attached hydrogens (tertiary/aromatic N) is 5. The van der Waals surface area contributed by atoms with Crippen LogP contribution in [0.15, 0.2) is 53.7 Å². The molecule has 10 nitrogen and oxygen atoms in total. The third kappa shape index (κ3) is 5.31. The molecule has 1 aromatic carbocycles. The topological polar surface area (TPSA) is 130 Å². The Morgan fingerprint density at radius 3 is 2.75 bits per heavy atom. The van der Waals surface area contributed by atoms with Gasteiger partial charge in [-0.3, -0.25) is 14.3 Å². The maximum atomic E-state index is 12.7. The van der Waals surface area contributed by atoms with Crippen molar-refractivity contribution < 1.29 is 4.79 Å². The van der Waals surface area contributed by atoms with Gasteiger partial charge in [-0.1, -0.05) is 11.6 Å². The number of aromatic nitrogens is 4. The summed E-state index contributed by atoms with van der Waals surface area (Å²) in [6.45, 7) is 2.21. The molecule has 1 amide bonds. The van der Waals surface area contributed by atoms with Crippen molar-refractivity contribution in [3.05, 3.63) is 75.6 Å². The standard InChI is InChI=1S/C25H25ClN8O2/c1-15(25(36)29-8-6-16-13-30-33(2)14-16)31-21-11-23(35)34(3)22-5-4-17(10-18(21)22)32-20-7-9-28-24(26)19(20)12-27/h4-5,7,9-11,13-15,31H,6,8H2,1-3H3,(H,28,32)(H,29,36)/t15-/m1/s1. The number of pyridine rings is 2. The molecule has 3 heterocycles. The maximum Gasteiger partial charge on any atom is 0.252 e. The molecule has 1 atom stereocenters. The molecule has 0 aliphatic carbocycles. The number of hydrogen-bond donors (Lipinski definition) is 3. The quantitative estimate of drug-likeness (QED) is 0.314. The van der Waals surface area contributed by atoms with Crippen LogP contribution < -0.4 is 21.5 Å². The molecule has 0 saturated carbocycles. The van der Waals surface area contributed by atoms with Crippen LogP contribution in [0.4, 0.5) is 17.1 Å². The van der Waals surface area contributed by atoms with E-state index in [0.29, 0.717) is 35.5 Å². The molecule has 0 radical (unpaired) electrons. The lowest BCUT2D eigenvalue weighted by Gasteiger charge is -2.18. The molecule has 0 unspecified atom stereocenters. The van der Waals surface area contributed by atoms with Crippen LogP contribution in [0.1, 0.15) is 18.1 Å². The Balaban J connectivity index is 1.56. The van der Waals surface area contributed by atoms with Gasteiger partial charge in [0.05, 0.1) is 17.4 Å². The molecule has 0 saturated heterocycles. The van der Waals surface area contributed by atoms with Crippen LogP contribution in [-0.4, -0.2) is 37.8 Å². The third-order valence-electron chi connectivity index (χ3n) is 5.78. The maximum absolute atomic E-state index is 12.7. The number of anilines is 3. The van der Waals surface area contributed by atoms with Gasteiger partial charge in [-0.15, -0.1) is 0 Å². The first kappa shape index (κ1) is 24.8. The van der Waals surface area contributed by atoms with Gasteiger partial charge in [0.15, 0.2) is 0 Å². The van der Waals surface area contributed by atoms with Crippen molar-refractivity contribution in [1.29, 1.82) is 5.26 Å². The minimum atomic E-state index is -0.588. The molecule has 3 N–H and O–H groups in total. The molecular formula is C25H25ClN8O2. The number of carbonyl (C=O) groups excluding carboxylic acids is 1. The molecule has 0 spiro atoms. The highest BCUT2D eigenvalue weighted by atomic mass is 35.5. The highest BCUT2D eigenvalue weighted by molar-refractivity contribution is 6.31. The number of benzene rings is 1. The summed E-state index contributed by atoms with van der Waals surface area (Å²) in [7, 11) is 3.53. The molecule has 0 aliphatic heterocycles. The van der Waals surface area contributed by atoms with Crippen molar-refractivity contribution in [2.24, 2.45) is 14.1 Å². The molecule has 0 aliphatic rings. The summed E-state index contributed by atoms with van der Waals surface area (Å²) in [6, 6.07) is 10.0. The lowest BCUT2D eigenvalue weighted by molar-refractivity contribution is -0.121. The Bertz CT molecular complexity index is 1540. The summed E-state index contributed by atoms with van der Waals surface area (Å²) < 4.78 is 3.25. The first-order chi connectivity index (χ1) is 17.3. The zero-order valence-corrected chi connectivity index (χ0v) is 20.8. The van der Waals surface area contributed by atoms with Gasteiger partial charge in [0.1, 0.15) is 22.8 Å². The summed E-state index contributed by atoms with van der Waals surface area (Å²) in [4.78, 5) is 29.2. The van der Waals surface area contributed by atoms with Gasteiger partial charge in [0.25, 0.3) is 5.56 Å². The van der Waals surface area contributed by atoms with Crippen molar-refractivity contribution in [1.82, 2.24) is 24.6 Å². The number of rotatable bonds is 8. The minimum absolute atomic E-state index is 0.108. The number of hydrogen-bond acceptors (Lipinski definition) is 7. The van der Waals surface area contributed by atoms with Crippen molar-refractivity contribution in [2.45, 2.75) is 19.4 Å². The van der Waals surface area contributed by atoms with E-state index in [9.17, 15) is 14.9 Å². The van der Waals surface area contributed by atoms with Gasteiger partial charge < -0.3 is 20.5 Å². The first-order valence-corrected chi connectivity index (χ1v) is 11.6. The van der Waals surface area contributed by atoms with E-state index in [1.165, 1.54) is 16.8 Å². The Morgan fingerprint density at radius 1 is 1.22 bits per heavy atom. The van der Waals surface area contributed by atoms with Crippen LogP contribution in [0.5, 0.6) is 0 Å². The molecule has 4 rings (SSSR count). The average molecular weight is 505 g/mol. The molecular weight excluding hydrogens is 480 g/mol. The van der Waals surface area contributed by atoms with Gasteiger partial charge in [0, 0.05) is 55.9 Å². The molecule has 11 heteroatoms. The van der Waals surface area contributed by atoms with E-state index >= 15 is 0 Å². The summed E-state index contributed by atoms with van der Waals surface area (Å²) in [5.74, 6) is -0.188. The number of aryl methyl sites for hydroxylation is 2. The largest absolute Gasteiger partial charge is 0.373 e. The van der Waals surface area contributed by atoms with Crippen molar-refractivity contribution in [3.8, 4) is 6.07 Å². The summed E-state index contributed by atoms with van der Waals surface area (Å²) in [6.07, 6.45) is 5.85. The second-order valence-electron chi connectivity index (χ2n) is 8.38. The zero-order chi connectivity index (χ0) is 25.8. The number of halogens is 1. The van der Waals surface area contributed by atoms with E-state index in [4.69, 9.17) is 11.6 Å². The number of nitriles is 1. The van der Waals surface area contributed by atoms with Crippen LogP contribution in [0.25, 0.3) is 10.9 Å². The average Bonchev–Trinajstić information content (AvgIpc) is 3.27. The van der Waals surface area contributed by atoms with Gasteiger partial charge in [-0.05, 0) is 43.2 Å². The number of fused-ring (bicyclic) bond motifs is 1. The summed E-state index contributed by atoms with van der Waals surface area (Å²) >= 11 is 6.05. The summed E-state index contributed by atoms with van der Waals surface area (Å²) in [5, 5.41) is 23.7. The normalized spacial score (nSPS) is 11.6. The van der Waals surface area contributed by atoms with Crippen LogP contribution in [0.3, 0.4) is 0 Å². The zero-order valence-electron chi connectivity index (χ0n) is 20.0. The van der Waals surface area contributed by atoms with Crippen LogP contribution in [0.2, 0.25) is 5.15 Å². The van der Waals surface area contributed by atoms with E-state index in [1.54, 1.807) is 43.0 Å². The molecule has 4 aromatic rings. The highest BCUT2D eigenvalue weighted by Crippen LogP contribution is 2.29. The van der Waals surface area contributed by atoms with E-state index in [-0.39, 0.29) is 22.2 Å². The van der Waals surface area contributed by atoms with Crippen molar-refractivity contribution in [3.63, 3.8) is 0 Å². The molecule has 0 bridgehead atoms. The van der Waals surface area contributed by atoms with E-state index in [0.717, 1.165) is 10.9 Å². The SMILES string of the molecule is C[C@@H](Nc1cc(=O)n(C)c2ccc(Nc3ccnc(Cl)c3C#N)cc12)C(=O)NCCc1cnn(C)c1. The van der Waals surface area contributed by atoms with E-state index in [2.05, 4.69) is 32.1 Å². The predicted molar refractivity (Wildman–Crippen MR) is 139 cm³/mol. The highest BCUT2D eigenvalue weighted by Gasteiger charge is 2.16. The summed E-state index contributed by atoms with van der Waals surface area (Å²) in [5.41, 5.74) is 3.46. The molecule has 3 aromatic heterocycles. The molecule has 0 fully saturated rings. The van der Waals surface area contributed by atoms with E-state index in [1.807, 2.05) is 19.3 Å². The molecule has 36 heavy (non-hydrogen) atoms. The fourth-order valence-corrected chi connectivity index (χ4v) is 4.04. The second-order valence-corrected chi connectivity index (χ2v) is 8.74. The number of amides is 1.